The van der Waals surface area contributed by atoms with E-state index in [4.69, 9.17) is 14.2 Å². The van der Waals surface area contributed by atoms with E-state index in [-0.39, 0.29) is 24.7 Å². The highest BCUT2D eigenvalue weighted by molar-refractivity contribution is 6.46. The molecule has 3 aromatic rings. The number of ether oxygens (including phenoxy) is 3. The van der Waals surface area contributed by atoms with Crippen LogP contribution in [0.3, 0.4) is 0 Å². The minimum Gasteiger partial charge on any atom is -0.507 e. The number of aliphatic hydroxyl groups is 1. The lowest BCUT2D eigenvalue weighted by Gasteiger charge is -2.26. The van der Waals surface area contributed by atoms with Gasteiger partial charge < -0.3 is 29.1 Å². The van der Waals surface area contributed by atoms with Crippen molar-refractivity contribution in [1.29, 1.82) is 0 Å². The maximum Gasteiger partial charge on any atom is 0.295 e. The molecule has 0 aromatic heterocycles. The van der Waals surface area contributed by atoms with Crippen LogP contribution in [0.1, 0.15) is 36.1 Å². The molecule has 1 fully saturated rings. The Morgan fingerprint density at radius 1 is 1.03 bits per heavy atom. The van der Waals surface area contributed by atoms with Crippen LogP contribution >= 0.6 is 0 Å². The first-order valence-electron chi connectivity index (χ1n) is 12.5. The van der Waals surface area contributed by atoms with Crippen molar-refractivity contribution < 1.29 is 28.9 Å². The van der Waals surface area contributed by atoms with E-state index in [9.17, 15) is 14.7 Å². The molecule has 1 N–H and O–H groups in total. The maximum absolute atomic E-state index is 13.4. The number of carbonyl (C=O) groups is 2. The van der Waals surface area contributed by atoms with Crippen LogP contribution < -0.4 is 19.1 Å². The van der Waals surface area contributed by atoms with E-state index < -0.39 is 17.7 Å². The summed E-state index contributed by atoms with van der Waals surface area (Å²) < 4.78 is 16.6. The quantitative estimate of drug-likeness (QED) is 0.260. The van der Waals surface area contributed by atoms with Crippen LogP contribution in [0.4, 0.5) is 5.69 Å². The van der Waals surface area contributed by atoms with E-state index in [1.165, 1.54) is 4.90 Å². The van der Waals surface area contributed by atoms with Gasteiger partial charge in [-0.2, -0.15) is 0 Å². The summed E-state index contributed by atoms with van der Waals surface area (Å²) in [4.78, 5) is 30.3. The molecule has 8 heteroatoms. The molecule has 0 spiro atoms. The van der Waals surface area contributed by atoms with Crippen LogP contribution in [-0.2, 0) is 16.1 Å². The first kappa shape index (κ1) is 25.2. The number of likely N-dealkylation sites (tertiary alicyclic amines) is 1. The van der Waals surface area contributed by atoms with E-state index in [2.05, 4.69) is 0 Å². The van der Waals surface area contributed by atoms with Crippen LogP contribution in [0.2, 0.25) is 0 Å². The Hall–Kier alpha value is -4.46. The maximum atomic E-state index is 13.4. The van der Waals surface area contributed by atoms with Crippen molar-refractivity contribution in [1.82, 2.24) is 4.90 Å². The molecule has 1 saturated heterocycles. The molecule has 2 heterocycles. The summed E-state index contributed by atoms with van der Waals surface area (Å²) in [5.41, 5.74) is 2.93. The third kappa shape index (κ3) is 4.77. The van der Waals surface area contributed by atoms with Gasteiger partial charge in [0, 0.05) is 31.9 Å². The molecular weight excluding hydrogens is 484 g/mol. The van der Waals surface area contributed by atoms with Gasteiger partial charge in [0.15, 0.2) is 11.5 Å². The van der Waals surface area contributed by atoms with Gasteiger partial charge in [0.25, 0.3) is 11.7 Å². The SMILES string of the molecule is CCCOc1cccc(/C(O)=C2\C(=O)C(=O)N(Cc3ccc4c(c3)OCO4)C2c2ccc(N(C)C)cc2)c1. The van der Waals surface area contributed by atoms with Crippen molar-refractivity contribution in [3.63, 3.8) is 0 Å². The van der Waals surface area contributed by atoms with E-state index in [0.29, 0.717) is 29.4 Å². The lowest BCUT2D eigenvalue weighted by atomic mass is 9.95. The number of nitrogens with zero attached hydrogens (tertiary/aromatic N) is 2. The zero-order valence-electron chi connectivity index (χ0n) is 21.6. The number of anilines is 1. The number of ketones is 1. The van der Waals surface area contributed by atoms with Gasteiger partial charge in [-0.3, -0.25) is 9.59 Å². The summed E-state index contributed by atoms with van der Waals surface area (Å²) in [6.45, 7) is 2.83. The van der Waals surface area contributed by atoms with Gasteiger partial charge in [-0.15, -0.1) is 0 Å². The Bertz CT molecular complexity index is 1400. The number of amides is 1. The Morgan fingerprint density at radius 3 is 2.53 bits per heavy atom. The molecular formula is C30H30N2O6. The van der Waals surface area contributed by atoms with Crippen LogP contribution in [0.15, 0.2) is 72.3 Å². The molecule has 8 nitrogen and oxygen atoms in total. The number of aliphatic hydroxyl groups excluding tert-OH is 1. The van der Waals surface area contributed by atoms with Crippen LogP contribution in [-0.4, -0.2) is 49.2 Å². The highest BCUT2D eigenvalue weighted by Crippen LogP contribution is 2.42. The van der Waals surface area contributed by atoms with Gasteiger partial charge >= 0.3 is 0 Å². The second-order valence-electron chi connectivity index (χ2n) is 9.48. The van der Waals surface area contributed by atoms with Crippen LogP contribution in [0.5, 0.6) is 17.2 Å². The zero-order chi connectivity index (χ0) is 26.8. The largest absolute Gasteiger partial charge is 0.507 e. The molecule has 2 aliphatic rings. The second kappa shape index (κ2) is 10.5. The van der Waals surface area contributed by atoms with Gasteiger partial charge in [0.1, 0.15) is 11.5 Å². The first-order chi connectivity index (χ1) is 18.4. The minimum absolute atomic E-state index is 0.0426. The number of fused-ring (bicyclic) bond motifs is 1. The number of carbonyl (C=O) groups excluding carboxylic acids is 2. The topological polar surface area (TPSA) is 88.5 Å². The number of benzene rings is 3. The van der Waals surface area contributed by atoms with Gasteiger partial charge in [0.05, 0.1) is 18.2 Å². The smallest absolute Gasteiger partial charge is 0.295 e. The van der Waals surface area contributed by atoms with Gasteiger partial charge in [-0.1, -0.05) is 37.3 Å². The predicted octanol–water partition coefficient (Wildman–Crippen LogP) is 4.89. The predicted molar refractivity (Wildman–Crippen MR) is 143 cm³/mol. The van der Waals surface area contributed by atoms with Crippen molar-refractivity contribution in [2.75, 3.05) is 32.4 Å². The Kier molecular flexibility index (Phi) is 6.96. The summed E-state index contributed by atoms with van der Waals surface area (Å²) >= 11 is 0. The molecule has 0 bridgehead atoms. The number of rotatable bonds is 8. The van der Waals surface area contributed by atoms with Crippen molar-refractivity contribution in [3.05, 3.63) is 89.0 Å². The lowest BCUT2D eigenvalue weighted by Crippen LogP contribution is -2.29. The minimum atomic E-state index is -0.781. The van der Waals surface area contributed by atoms with E-state index in [0.717, 1.165) is 23.2 Å². The molecule has 1 amide bonds. The number of hydrogen-bond donors (Lipinski definition) is 1. The zero-order valence-corrected chi connectivity index (χ0v) is 21.6. The molecule has 0 saturated carbocycles. The standard InChI is InChI=1S/C30H30N2O6/c1-4-14-36-23-7-5-6-21(16-23)28(33)26-27(20-9-11-22(12-10-20)31(2)3)32(30(35)29(26)34)17-19-8-13-24-25(15-19)38-18-37-24/h5-13,15-16,27,33H,4,14,17-18H2,1-3H3/b28-26+. The summed E-state index contributed by atoms with van der Waals surface area (Å²) in [5.74, 6) is 0.165. The molecule has 0 aliphatic carbocycles. The molecule has 2 aliphatic heterocycles. The Balaban J connectivity index is 1.58. The molecule has 196 valence electrons. The molecule has 1 atom stereocenters. The third-order valence-corrected chi connectivity index (χ3v) is 6.64. The van der Waals surface area contributed by atoms with Crippen LogP contribution in [0, 0.1) is 0 Å². The molecule has 1 unspecified atom stereocenters. The number of Topliss-reactive ketones (excluding diaryl/α,β-unsaturated/α-hetero) is 1. The van der Waals surface area contributed by atoms with E-state index in [1.54, 1.807) is 30.3 Å². The van der Waals surface area contributed by atoms with E-state index in [1.807, 2.05) is 62.3 Å². The van der Waals surface area contributed by atoms with E-state index >= 15 is 0 Å². The average Bonchev–Trinajstić information content (AvgIpc) is 3.49. The van der Waals surface area contributed by atoms with Crippen molar-refractivity contribution in [2.45, 2.75) is 25.9 Å². The van der Waals surface area contributed by atoms with Crippen molar-refractivity contribution in [2.24, 2.45) is 0 Å². The second-order valence-corrected chi connectivity index (χ2v) is 9.48. The fourth-order valence-corrected chi connectivity index (χ4v) is 4.69. The Morgan fingerprint density at radius 2 is 1.79 bits per heavy atom. The van der Waals surface area contributed by atoms with Gasteiger partial charge in [-0.05, 0) is 53.9 Å². The third-order valence-electron chi connectivity index (χ3n) is 6.64. The van der Waals surface area contributed by atoms with Crippen molar-refractivity contribution >= 4 is 23.1 Å². The monoisotopic (exact) mass is 514 g/mol. The average molecular weight is 515 g/mol. The van der Waals surface area contributed by atoms with Gasteiger partial charge in [0.2, 0.25) is 6.79 Å². The summed E-state index contributed by atoms with van der Waals surface area (Å²) in [6, 6.07) is 19.2. The Labute approximate surface area is 221 Å². The van der Waals surface area contributed by atoms with Gasteiger partial charge in [-0.25, -0.2) is 0 Å². The number of hydrogen-bond acceptors (Lipinski definition) is 7. The summed E-state index contributed by atoms with van der Waals surface area (Å²) in [7, 11) is 3.88. The molecule has 5 rings (SSSR count). The molecule has 3 aromatic carbocycles. The van der Waals surface area contributed by atoms with Crippen molar-refractivity contribution in [3.8, 4) is 17.2 Å². The fraction of sp³-hybridized carbons (Fsp3) is 0.267. The van der Waals surface area contributed by atoms with Crippen LogP contribution in [0.25, 0.3) is 5.76 Å². The lowest BCUT2D eigenvalue weighted by molar-refractivity contribution is -0.140. The molecule has 38 heavy (non-hydrogen) atoms. The first-order valence-corrected chi connectivity index (χ1v) is 12.5. The fourth-order valence-electron chi connectivity index (χ4n) is 4.69. The normalized spacial score (nSPS) is 17.7. The molecule has 0 radical (unpaired) electrons. The highest BCUT2D eigenvalue weighted by Gasteiger charge is 2.46. The summed E-state index contributed by atoms with van der Waals surface area (Å²) in [5, 5.41) is 11.4. The highest BCUT2D eigenvalue weighted by atomic mass is 16.7. The summed E-state index contributed by atoms with van der Waals surface area (Å²) in [6.07, 6.45) is 0.837.